The van der Waals surface area contributed by atoms with Crippen molar-refractivity contribution in [2.24, 2.45) is 0 Å². The number of benzene rings is 2. The van der Waals surface area contributed by atoms with E-state index in [1.54, 1.807) is 6.20 Å². The Kier molecular flexibility index (Phi) is 6.04. The van der Waals surface area contributed by atoms with Crippen molar-refractivity contribution in [1.29, 1.82) is 0 Å². The average molecular weight is 348 g/mol. The molecule has 0 fully saturated rings. The maximum Gasteiger partial charge on any atom is 0.224 e. The van der Waals surface area contributed by atoms with Crippen LogP contribution in [0.3, 0.4) is 0 Å². The third-order valence-corrected chi connectivity index (χ3v) is 3.69. The lowest BCUT2D eigenvalue weighted by Crippen LogP contribution is -2.08. The number of rotatable bonds is 8. The van der Waals surface area contributed by atoms with Crippen LogP contribution in [0.15, 0.2) is 66.9 Å². The molecule has 134 valence electrons. The molecule has 0 aliphatic heterocycles. The monoisotopic (exact) mass is 348 g/mol. The second-order valence-electron chi connectivity index (χ2n) is 6.24. The molecule has 0 saturated heterocycles. The summed E-state index contributed by atoms with van der Waals surface area (Å²) in [7, 11) is 0. The molecule has 2 N–H and O–H groups in total. The van der Waals surface area contributed by atoms with Crippen molar-refractivity contribution in [3.05, 3.63) is 72.4 Å². The molecule has 5 heteroatoms. The van der Waals surface area contributed by atoms with E-state index in [2.05, 4.69) is 32.7 Å². The van der Waals surface area contributed by atoms with Crippen molar-refractivity contribution in [1.82, 2.24) is 9.97 Å². The summed E-state index contributed by atoms with van der Waals surface area (Å²) in [5, 5.41) is 6.55. The SMILES string of the molecule is CC(C)Oc1ccc(Nc2ccnc(NCCc3ccccc3)n2)cc1. The van der Waals surface area contributed by atoms with Gasteiger partial charge in [-0.15, -0.1) is 0 Å². The number of hydrogen-bond donors (Lipinski definition) is 2. The van der Waals surface area contributed by atoms with E-state index in [-0.39, 0.29) is 6.10 Å². The van der Waals surface area contributed by atoms with Crippen LogP contribution in [0.25, 0.3) is 0 Å². The van der Waals surface area contributed by atoms with Gasteiger partial charge in [0.1, 0.15) is 11.6 Å². The molecule has 0 spiro atoms. The molecule has 0 atom stereocenters. The molecule has 0 aliphatic rings. The number of nitrogens with one attached hydrogen (secondary N) is 2. The molecule has 0 aliphatic carbocycles. The largest absolute Gasteiger partial charge is 0.491 e. The van der Waals surface area contributed by atoms with Gasteiger partial charge in [0.15, 0.2) is 0 Å². The molecule has 0 radical (unpaired) electrons. The molecule has 0 saturated carbocycles. The van der Waals surface area contributed by atoms with Gasteiger partial charge >= 0.3 is 0 Å². The standard InChI is InChI=1S/C21H24N4O/c1-16(2)26-19-10-8-18(9-11-19)24-20-13-15-23-21(25-20)22-14-12-17-6-4-3-5-7-17/h3-11,13,15-16H,12,14H2,1-2H3,(H2,22,23,24,25). The highest BCUT2D eigenvalue weighted by Crippen LogP contribution is 2.20. The lowest BCUT2D eigenvalue weighted by atomic mass is 10.1. The molecule has 1 aromatic heterocycles. The van der Waals surface area contributed by atoms with Gasteiger partial charge in [0, 0.05) is 18.4 Å². The highest BCUT2D eigenvalue weighted by molar-refractivity contribution is 5.57. The summed E-state index contributed by atoms with van der Waals surface area (Å²) in [6.07, 6.45) is 2.84. The summed E-state index contributed by atoms with van der Waals surface area (Å²) in [6, 6.07) is 20.1. The van der Waals surface area contributed by atoms with Crippen molar-refractivity contribution < 1.29 is 4.74 Å². The van der Waals surface area contributed by atoms with Crippen LogP contribution < -0.4 is 15.4 Å². The van der Waals surface area contributed by atoms with E-state index in [4.69, 9.17) is 4.74 Å². The second kappa shape index (κ2) is 8.85. The Bertz CT molecular complexity index is 804. The van der Waals surface area contributed by atoms with Gasteiger partial charge in [0.05, 0.1) is 6.10 Å². The lowest BCUT2D eigenvalue weighted by molar-refractivity contribution is 0.242. The van der Waals surface area contributed by atoms with Gasteiger partial charge in [0.25, 0.3) is 0 Å². The number of aromatic nitrogens is 2. The van der Waals surface area contributed by atoms with Gasteiger partial charge < -0.3 is 15.4 Å². The molecule has 26 heavy (non-hydrogen) atoms. The zero-order valence-corrected chi connectivity index (χ0v) is 15.1. The highest BCUT2D eigenvalue weighted by Gasteiger charge is 2.02. The summed E-state index contributed by atoms with van der Waals surface area (Å²) in [4.78, 5) is 8.78. The maximum absolute atomic E-state index is 5.66. The van der Waals surface area contributed by atoms with E-state index in [1.807, 2.05) is 62.4 Å². The van der Waals surface area contributed by atoms with Crippen molar-refractivity contribution in [3.8, 4) is 5.75 Å². The topological polar surface area (TPSA) is 59.1 Å². The second-order valence-corrected chi connectivity index (χ2v) is 6.24. The Balaban J connectivity index is 1.55. The summed E-state index contributed by atoms with van der Waals surface area (Å²) < 4.78 is 5.66. The zero-order valence-electron chi connectivity index (χ0n) is 15.1. The van der Waals surface area contributed by atoms with Crippen LogP contribution in [0, 0.1) is 0 Å². The predicted octanol–water partition coefficient (Wildman–Crippen LogP) is 4.66. The Morgan fingerprint density at radius 1 is 0.962 bits per heavy atom. The van der Waals surface area contributed by atoms with Gasteiger partial charge in [-0.05, 0) is 56.2 Å². The maximum atomic E-state index is 5.66. The molecule has 0 amide bonds. The van der Waals surface area contributed by atoms with Crippen LogP contribution in [0.1, 0.15) is 19.4 Å². The first-order chi connectivity index (χ1) is 12.7. The van der Waals surface area contributed by atoms with Crippen LogP contribution in [-0.2, 0) is 6.42 Å². The molecule has 3 aromatic rings. The normalized spacial score (nSPS) is 10.6. The molecule has 1 heterocycles. The fourth-order valence-electron chi connectivity index (χ4n) is 2.51. The average Bonchev–Trinajstić information content (AvgIpc) is 2.64. The third-order valence-electron chi connectivity index (χ3n) is 3.69. The summed E-state index contributed by atoms with van der Waals surface area (Å²) in [5.41, 5.74) is 2.24. The Morgan fingerprint density at radius 2 is 1.73 bits per heavy atom. The van der Waals surface area contributed by atoms with Crippen LogP contribution >= 0.6 is 0 Å². The van der Waals surface area contributed by atoms with Gasteiger partial charge in [-0.3, -0.25) is 0 Å². The molecule has 5 nitrogen and oxygen atoms in total. The molecular weight excluding hydrogens is 324 g/mol. The van der Waals surface area contributed by atoms with Gasteiger partial charge in [0.2, 0.25) is 5.95 Å². The first-order valence-corrected chi connectivity index (χ1v) is 8.83. The minimum Gasteiger partial charge on any atom is -0.491 e. The fraction of sp³-hybridized carbons (Fsp3) is 0.238. The van der Waals surface area contributed by atoms with Crippen LogP contribution in [0.5, 0.6) is 5.75 Å². The molecule has 3 rings (SSSR count). The van der Waals surface area contributed by atoms with Gasteiger partial charge in [-0.25, -0.2) is 4.98 Å². The minimum atomic E-state index is 0.167. The minimum absolute atomic E-state index is 0.167. The van der Waals surface area contributed by atoms with Crippen LogP contribution in [0.4, 0.5) is 17.5 Å². The zero-order chi connectivity index (χ0) is 18.2. The van der Waals surface area contributed by atoms with Crippen molar-refractivity contribution >= 4 is 17.5 Å². The number of ether oxygens (including phenoxy) is 1. The summed E-state index contributed by atoms with van der Waals surface area (Å²) >= 11 is 0. The highest BCUT2D eigenvalue weighted by atomic mass is 16.5. The van der Waals surface area contributed by atoms with E-state index in [0.29, 0.717) is 5.95 Å². The predicted molar refractivity (Wildman–Crippen MR) is 106 cm³/mol. The fourth-order valence-corrected chi connectivity index (χ4v) is 2.51. The molecule has 0 unspecified atom stereocenters. The summed E-state index contributed by atoms with van der Waals surface area (Å²) in [5.74, 6) is 2.22. The van der Waals surface area contributed by atoms with E-state index in [0.717, 1.165) is 30.2 Å². The van der Waals surface area contributed by atoms with Crippen molar-refractivity contribution in [2.45, 2.75) is 26.4 Å². The third kappa shape index (κ3) is 5.48. The molecule has 2 aromatic carbocycles. The van der Waals surface area contributed by atoms with Crippen LogP contribution in [-0.4, -0.2) is 22.6 Å². The number of nitrogens with zero attached hydrogens (tertiary/aromatic N) is 2. The Labute approximate surface area is 154 Å². The quantitative estimate of drug-likeness (QED) is 0.620. The Morgan fingerprint density at radius 3 is 2.46 bits per heavy atom. The van der Waals surface area contributed by atoms with Gasteiger partial charge in [-0.2, -0.15) is 4.98 Å². The van der Waals surface area contributed by atoms with Crippen molar-refractivity contribution in [2.75, 3.05) is 17.2 Å². The van der Waals surface area contributed by atoms with E-state index >= 15 is 0 Å². The summed E-state index contributed by atoms with van der Waals surface area (Å²) in [6.45, 7) is 4.81. The number of hydrogen-bond acceptors (Lipinski definition) is 5. The number of anilines is 3. The van der Waals surface area contributed by atoms with Crippen LogP contribution in [0.2, 0.25) is 0 Å². The molecule has 0 bridgehead atoms. The first-order valence-electron chi connectivity index (χ1n) is 8.83. The van der Waals surface area contributed by atoms with E-state index in [1.165, 1.54) is 5.56 Å². The Hall–Kier alpha value is -3.08. The smallest absolute Gasteiger partial charge is 0.224 e. The van der Waals surface area contributed by atoms with Gasteiger partial charge in [-0.1, -0.05) is 30.3 Å². The van der Waals surface area contributed by atoms with E-state index < -0.39 is 0 Å². The lowest BCUT2D eigenvalue weighted by Gasteiger charge is -2.11. The first kappa shape index (κ1) is 17.7. The van der Waals surface area contributed by atoms with E-state index in [9.17, 15) is 0 Å². The molecular formula is C21H24N4O. The van der Waals surface area contributed by atoms with Crippen molar-refractivity contribution in [3.63, 3.8) is 0 Å².